The molecule has 1 aromatic heterocycles. The number of benzene rings is 1. The van der Waals surface area contributed by atoms with Crippen LogP contribution in [0.1, 0.15) is 5.56 Å². The smallest absolute Gasteiger partial charge is 0.222 e. The van der Waals surface area contributed by atoms with Crippen LogP contribution in [-0.4, -0.2) is 15.4 Å². The number of nitrogens with zero attached hydrogens (tertiary/aromatic N) is 1. The summed E-state index contributed by atoms with van der Waals surface area (Å²) in [6.07, 6.45) is 0. The Labute approximate surface area is 85.7 Å². The lowest BCUT2D eigenvalue weighted by atomic mass is 10.1. The molecule has 15 heavy (non-hydrogen) atoms. The second-order valence-corrected chi connectivity index (χ2v) is 3.09. The van der Waals surface area contributed by atoms with Gasteiger partial charge in [0.05, 0.1) is 6.61 Å². The molecular weight excluding hydrogens is 196 g/mol. The first-order valence-electron chi connectivity index (χ1n) is 4.36. The van der Waals surface area contributed by atoms with Gasteiger partial charge in [0.15, 0.2) is 0 Å². The molecule has 0 aliphatic carbocycles. The molecule has 2 rings (SSSR count). The number of anilines is 1. The van der Waals surface area contributed by atoms with Crippen molar-refractivity contribution in [2.75, 3.05) is 5.73 Å². The highest BCUT2D eigenvalue weighted by Crippen LogP contribution is 2.31. The van der Waals surface area contributed by atoms with E-state index in [1.807, 2.05) is 0 Å². The number of aliphatic hydroxyl groups excluding tert-OH is 1. The number of hydrogen-bond acceptors (Lipinski definition) is 5. The van der Waals surface area contributed by atoms with Crippen molar-refractivity contribution in [2.24, 2.45) is 0 Å². The summed E-state index contributed by atoms with van der Waals surface area (Å²) in [4.78, 5) is 0. The van der Waals surface area contributed by atoms with Crippen molar-refractivity contribution in [1.29, 1.82) is 0 Å². The minimum Gasteiger partial charge on any atom is -0.507 e. The third-order valence-corrected chi connectivity index (χ3v) is 2.09. The first-order chi connectivity index (χ1) is 7.22. The molecule has 0 saturated heterocycles. The lowest BCUT2D eigenvalue weighted by molar-refractivity contribution is 0.275. The average Bonchev–Trinajstić information content (AvgIpc) is 2.65. The van der Waals surface area contributed by atoms with E-state index in [2.05, 4.69) is 5.16 Å². The number of nitrogen functional groups attached to an aromatic ring is 1. The SMILES string of the molecule is Nc1cc(-c2cccc(CO)c2O)no1. The minimum absolute atomic E-state index is 0.00620. The molecule has 0 aliphatic rings. The topological polar surface area (TPSA) is 92.5 Å². The molecule has 0 aliphatic heterocycles. The first kappa shape index (κ1) is 9.54. The van der Waals surface area contributed by atoms with E-state index >= 15 is 0 Å². The second kappa shape index (κ2) is 3.62. The van der Waals surface area contributed by atoms with E-state index in [1.54, 1.807) is 18.2 Å². The average molecular weight is 206 g/mol. The molecule has 5 heteroatoms. The zero-order valence-corrected chi connectivity index (χ0v) is 7.84. The van der Waals surface area contributed by atoms with Crippen molar-refractivity contribution < 1.29 is 14.7 Å². The van der Waals surface area contributed by atoms with Gasteiger partial charge in [0.25, 0.3) is 0 Å². The number of aromatic hydroxyl groups is 1. The summed E-state index contributed by atoms with van der Waals surface area (Å²) >= 11 is 0. The zero-order valence-electron chi connectivity index (χ0n) is 7.84. The fourth-order valence-electron chi connectivity index (χ4n) is 1.34. The number of rotatable bonds is 2. The Balaban J connectivity index is 2.53. The maximum atomic E-state index is 9.77. The Morgan fingerprint density at radius 2 is 2.20 bits per heavy atom. The molecule has 1 aromatic carbocycles. The number of nitrogens with two attached hydrogens (primary N) is 1. The van der Waals surface area contributed by atoms with E-state index in [1.165, 1.54) is 6.07 Å². The normalized spacial score (nSPS) is 10.5. The Morgan fingerprint density at radius 3 is 2.80 bits per heavy atom. The van der Waals surface area contributed by atoms with Crippen molar-refractivity contribution in [3.8, 4) is 17.0 Å². The molecule has 0 bridgehead atoms. The molecule has 5 nitrogen and oxygen atoms in total. The molecule has 78 valence electrons. The summed E-state index contributed by atoms with van der Waals surface area (Å²) in [7, 11) is 0. The predicted octanol–water partition coefficient (Wildman–Crippen LogP) is 1.12. The Kier molecular flexibility index (Phi) is 2.31. The summed E-state index contributed by atoms with van der Waals surface area (Å²) in [6.45, 7) is -0.229. The summed E-state index contributed by atoms with van der Waals surface area (Å²) in [5.41, 5.74) is 6.75. The highest BCUT2D eigenvalue weighted by atomic mass is 16.5. The Morgan fingerprint density at radius 1 is 1.40 bits per heavy atom. The van der Waals surface area contributed by atoms with Crippen LogP contribution in [0.3, 0.4) is 0 Å². The van der Waals surface area contributed by atoms with Gasteiger partial charge in [0.1, 0.15) is 11.4 Å². The van der Waals surface area contributed by atoms with Gasteiger partial charge in [0, 0.05) is 17.2 Å². The van der Waals surface area contributed by atoms with Crippen LogP contribution in [0.15, 0.2) is 28.8 Å². The molecular formula is C10H10N2O3. The van der Waals surface area contributed by atoms with Gasteiger partial charge >= 0.3 is 0 Å². The van der Waals surface area contributed by atoms with Crippen LogP contribution in [-0.2, 0) is 6.61 Å². The number of para-hydroxylation sites is 1. The van der Waals surface area contributed by atoms with Gasteiger partial charge in [-0.3, -0.25) is 0 Å². The second-order valence-electron chi connectivity index (χ2n) is 3.09. The van der Waals surface area contributed by atoms with Crippen LogP contribution in [0.5, 0.6) is 5.75 Å². The maximum Gasteiger partial charge on any atom is 0.222 e. The monoisotopic (exact) mass is 206 g/mol. The van der Waals surface area contributed by atoms with Crippen molar-refractivity contribution in [1.82, 2.24) is 5.16 Å². The Bertz CT molecular complexity index is 479. The fourth-order valence-corrected chi connectivity index (χ4v) is 1.34. The molecule has 0 radical (unpaired) electrons. The molecule has 0 fully saturated rings. The van der Waals surface area contributed by atoms with Crippen LogP contribution in [0.4, 0.5) is 5.88 Å². The number of hydrogen-bond donors (Lipinski definition) is 3. The first-order valence-corrected chi connectivity index (χ1v) is 4.36. The molecule has 0 unspecified atom stereocenters. The summed E-state index contributed by atoms with van der Waals surface area (Å²) < 4.78 is 4.70. The van der Waals surface area contributed by atoms with Gasteiger partial charge in [-0.25, -0.2) is 0 Å². The van der Waals surface area contributed by atoms with E-state index in [9.17, 15) is 5.11 Å². The van der Waals surface area contributed by atoms with Crippen LogP contribution in [0, 0.1) is 0 Å². The van der Waals surface area contributed by atoms with E-state index < -0.39 is 0 Å². The molecule has 4 N–H and O–H groups in total. The lowest BCUT2D eigenvalue weighted by Crippen LogP contribution is -1.87. The van der Waals surface area contributed by atoms with Gasteiger partial charge < -0.3 is 20.5 Å². The zero-order chi connectivity index (χ0) is 10.8. The minimum atomic E-state index is -0.229. The maximum absolute atomic E-state index is 9.77. The van der Waals surface area contributed by atoms with E-state index in [0.29, 0.717) is 16.8 Å². The van der Waals surface area contributed by atoms with Crippen LogP contribution < -0.4 is 5.73 Å². The quantitative estimate of drug-likeness (QED) is 0.684. The largest absolute Gasteiger partial charge is 0.507 e. The summed E-state index contributed by atoms with van der Waals surface area (Å²) in [6, 6.07) is 6.52. The van der Waals surface area contributed by atoms with Crippen molar-refractivity contribution in [2.45, 2.75) is 6.61 Å². The fraction of sp³-hybridized carbons (Fsp3) is 0.100. The van der Waals surface area contributed by atoms with Gasteiger partial charge in [-0.15, -0.1) is 0 Å². The summed E-state index contributed by atoms with van der Waals surface area (Å²) in [5.74, 6) is 0.173. The summed E-state index contributed by atoms with van der Waals surface area (Å²) in [5, 5.41) is 22.4. The molecule has 2 aromatic rings. The van der Waals surface area contributed by atoms with Gasteiger partial charge in [-0.05, 0) is 6.07 Å². The van der Waals surface area contributed by atoms with Gasteiger partial charge in [-0.2, -0.15) is 0 Å². The molecule has 0 saturated carbocycles. The highest BCUT2D eigenvalue weighted by molar-refractivity contribution is 5.69. The molecule has 1 heterocycles. The van der Waals surface area contributed by atoms with E-state index in [4.69, 9.17) is 15.4 Å². The molecule has 0 amide bonds. The third-order valence-electron chi connectivity index (χ3n) is 2.09. The van der Waals surface area contributed by atoms with Gasteiger partial charge in [-0.1, -0.05) is 17.3 Å². The lowest BCUT2D eigenvalue weighted by Gasteiger charge is -2.04. The van der Waals surface area contributed by atoms with Crippen LogP contribution >= 0.6 is 0 Å². The van der Waals surface area contributed by atoms with Crippen LogP contribution in [0.2, 0.25) is 0 Å². The van der Waals surface area contributed by atoms with E-state index in [-0.39, 0.29) is 18.2 Å². The molecule has 0 atom stereocenters. The Hall–Kier alpha value is -2.01. The standard InChI is InChI=1S/C10H10N2O3/c11-9-4-8(12-15-9)7-3-1-2-6(5-13)10(7)14/h1-4,13-14H,5,11H2. The van der Waals surface area contributed by atoms with Crippen molar-refractivity contribution in [3.63, 3.8) is 0 Å². The highest BCUT2D eigenvalue weighted by Gasteiger charge is 2.11. The number of aliphatic hydroxyl groups is 1. The van der Waals surface area contributed by atoms with E-state index in [0.717, 1.165) is 0 Å². The van der Waals surface area contributed by atoms with Crippen molar-refractivity contribution in [3.05, 3.63) is 29.8 Å². The number of aromatic nitrogens is 1. The van der Waals surface area contributed by atoms with Gasteiger partial charge in [0.2, 0.25) is 5.88 Å². The number of phenols is 1. The predicted molar refractivity (Wildman–Crippen MR) is 53.9 cm³/mol. The van der Waals surface area contributed by atoms with Crippen LogP contribution in [0.25, 0.3) is 11.3 Å². The molecule has 0 spiro atoms. The third kappa shape index (κ3) is 1.64. The van der Waals surface area contributed by atoms with Crippen molar-refractivity contribution >= 4 is 5.88 Å².